The predicted octanol–water partition coefficient (Wildman–Crippen LogP) is 3.13. The summed E-state index contributed by atoms with van der Waals surface area (Å²) < 4.78 is 28.0. The first kappa shape index (κ1) is 19.1. The van der Waals surface area contributed by atoms with Crippen molar-refractivity contribution in [1.82, 2.24) is 9.21 Å². The van der Waals surface area contributed by atoms with E-state index >= 15 is 0 Å². The molecule has 0 spiro atoms. The van der Waals surface area contributed by atoms with Gasteiger partial charge in [0.1, 0.15) is 0 Å². The van der Waals surface area contributed by atoms with Gasteiger partial charge in [-0.05, 0) is 61.4 Å². The molecule has 0 bridgehead atoms. The minimum atomic E-state index is -3.57. The predicted molar refractivity (Wildman–Crippen MR) is 104 cm³/mol. The van der Waals surface area contributed by atoms with Crippen LogP contribution in [0.4, 0.5) is 0 Å². The van der Waals surface area contributed by atoms with Crippen LogP contribution in [0.5, 0.6) is 0 Å². The molecule has 0 saturated carbocycles. The molecule has 140 valence electrons. The standard InChI is InChI=1S/C19H24N2O3S2/c1-13-12-14(2)16(4)18(15(13)3)26(23,24)21-9-7-20(8-10-21)19(22)17-6-5-11-25-17/h5-6,11-12H,7-10H2,1-4H3. The van der Waals surface area contributed by atoms with Gasteiger partial charge in [0.2, 0.25) is 10.0 Å². The quantitative estimate of drug-likeness (QED) is 0.806. The number of piperazine rings is 1. The third-order valence-electron chi connectivity index (χ3n) is 5.15. The summed E-state index contributed by atoms with van der Waals surface area (Å²) in [7, 11) is -3.57. The molecule has 7 heteroatoms. The maximum Gasteiger partial charge on any atom is 0.264 e. The first-order valence-electron chi connectivity index (χ1n) is 8.64. The van der Waals surface area contributed by atoms with Crippen molar-refractivity contribution in [2.45, 2.75) is 32.6 Å². The van der Waals surface area contributed by atoms with E-state index in [-0.39, 0.29) is 5.91 Å². The van der Waals surface area contributed by atoms with E-state index in [0.717, 1.165) is 22.3 Å². The van der Waals surface area contributed by atoms with Crippen LogP contribution in [0, 0.1) is 27.7 Å². The molecule has 5 nitrogen and oxygen atoms in total. The highest BCUT2D eigenvalue weighted by atomic mass is 32.2. The van der Waals surface area contributed by atoms with Gasteiger partial charge in [0, 0.05) is 26.2 Å². The SMILES string of the molecule is Cc1cc(C)c(C)c(S(=O)(=O)N2CCN(C(=O)c3cccs3)CC2)c1C. The van der Waals surface area contributed by atoms with Crippen LogP contribution < -0.4 is 0 Å². The second-order valence-corrected chi connectivity index (χ2v) is 9.59. The molecular formula is C19H24N2O3S2. The van der Waals surface area contributed by atoms with Crippen molar-refractivity contribution in [3.05, 3.63) is 50.7 Å². The van der Waals surface area contributed by atoms with E-state index in [1.54, 1.807) is 11.0 Å². The number of aryl methyl sites for hydroxylation is 2. The molecule has 1 aromatic heterocycles. The first-order valence-corrected chi connectivity index (χ1v) is 11.0. The molecule has 0 atom stereocenters. The Labute approximate surface area is 159 Å². The molecular weight excluding hydrogens is 368 g/mol. The monoisotopic (exact) mass is 392 g/mol. The summed E-state index contributed by atoms with van der Waals surface area (Å²) in [6.07, 6.45) is 0. The number of nitrogens with zero attached hydrogens (tertiary/aromatic N) is 2. The number of rotatable bonds is 3. The maximum absolute atomic E-state index is 13.3. The number of carbonyl (C=O) groups excluding carboxylic acids is 1. The number of hydrogen-bond donors (Lipinski definition) is 0. The minimum Gasteiger partial charge on any atom is -0.335 e. The fourth-order valence-electron chi connectivity index (χ4n) is 3.38. The van der Waals surface area contributed by atoms with Crippen LogP contribution in [0.3, 0.4) is 0 Å². The minimum absolute atomic E-state index is 0.0178. The maximum atomic E-state index is 13.3. The zero-order valence-corrected chi connectivity index (χ0v) is 17.2. The van der Waals surface area contributed by atoms with Crippen LogP contribution in [-0.2, 0) is 10.0 Å². The molecule has 2 heterocycles. The molecule has 0 radical (unpaired) electrons. The van der Waals surface area contributed by atoms with Crippen LogP contribution in [-0.4, -0.2) is 49.7 Å². The van der Waals surface area contributed by atoms with Gasteiger partial charge in [0.15, 0.2) is 0 Å². The van der Waals surface area contributed by atoms with Crippen LogP contribution in [0.25, 0.3) is 0 Å². The van der Waals surface area contributed by atoms with Gasteiger partial charge >= 0.3 is 0 Å². The molecule has 1 fully saturated rings. The number of carbonyl (C=O) groups is 1. The molecule has 1 amide bonds. The summed E-state index contributed by atoms with van der Waals surface area (Å²) in [6.45, 7) is 9.10. The molecule has 2 aromatic rings. The van der Waals surface area contributed by atoms with Gasteiger partial charge in [-0.15, -0.1) is 11.3 Å². The Kier molecular flexibility index (Phi) is 5.23. The number of sulfonamides is 1. The smallest absolute Gasteiger partial charge is 0.264 e. The topological polar surface area (TPSA) is 57.7 Å². The van der Waals surface area contributed by atoms with E-state index in [1.165, 1.54) is 15.6 Å². The van der Waals surface area contributed by atoms with Gasteiger partial charge in [0.05, 0.1) is 9.77 Å². The molecule has 26 heavy (non-hydrogen) atoms. The highest BCUT2D eigenvalue weighted by Gasteiger charge is 2.33. The van der Waals surface area contributed by atoms with Crippen LogP contribution in [0.15, 0.2) is 28.5 Å². The fraction of sp³-hybridized carbons (Fsp3) is 0.421. The highest BCUT2D eigenvalue weighted by Crippen LogP contribution is 2.29. The average molecular weight is 393 g/mol. The molecule has 1 saturated heterocycles. The van der Waals surface area contributed by atoms with E-state index in [4.69, 9.17) is 0 Å². The van der Waals surface area contributed by atoms with Crippen molar-refractivity contribution in [2.75, 3.05) is 26.2 Å². The molecule has 0 N–H and O–H groups in total. The van der Waals surface area contributed by atoms with E-state index < -0.39 is 10.0 Å². The summed E-state index contributed by atoms with van der Waals surface area (Å²) in [5.41, 5.74) is 3.59. The van der Waals surface area contributed by atoms with Gasteiger partial charge in [0.25, 0.3) is 5.91 Å². The summed E-state index contributed by atoms with van der Waals surface area (Å²) in [5.74, 6) is -0.0178. The fourth-order valence-corrected chi connectivity index (χ4v) is 6.07. The van der Waals surface area contributed by atoms with E-state index in [0.29, 0.717) is 36.0 Å². The molecule has 0 aliphatic carbocycles. The Bertz CT molecular complexity index is 900. The summed E-state index contributed by atoms with van der Waals surface area (Å²) in [4.78, 5) is 15.3. The van der Waals surface area contributed by atoms with Gasteiger partial charge in [-0.3, -0.25) is 4.79 Å². The first-order chi connectivity index (χ1) is 12.2. The van der Waals surface area contributed by atoms with Gasteiger partial charge in [-0.25, -0.2) is 8.42 Å². The molecule has 1 aromatic carbocycles. The lowest BCUT2D eigenvalue weighted by atomic mass is 10.0. The highest BCUT2D eigenvalue weighted by molar-refractivity contribution is 7.89. The summed E-state index contributed by atoms with van der Waals surface area (Å²) in [5, 5.41) is 1.87. The largest absolute Gasteiger partial charge is 0.335 e. The van der Waals surface area contributed by atoms with Gasteiger partial charge < -0.3 is 4.90 Å². The summed E-state index contributed by atoms with van der Waals surface area (Å²) in [6, 6.07) is 5.68. The molecule has 1 aliphatic rings. The van der Waals surface area contributed by atoms with Crippen molar-refractivity contribution in [1.29, 1.82) is 0 Å². The Hall–Kier alpha value is -1.70. The average Bonchev–Trinajstić information content (AvgIpc) is 3.14. The van der Waals surface area contributed by atoms with Crippen LogP contribution in [0.2, 0.25) is 0 Å². The zero-order valence-electron chi connectivity index (χ0n) is 15.6. The van der Waals surface area contributed by atoms with Crippen molar-refractivity contribution in [3.63, 3.8) is 0 Å². The van der Waals surface area contributed by atoms with Crippen LogP contribution >= 0.6 is 11.3 Å². The number of thiophene rings is 1. The molecule has 3 rings (SSSR count). The zero-order chi connectivity index (χ0) is 19.1. The Morgan fingerprint density at radius 3 is 2.08 bits per heavy atom. The number of amides is 1. The van der Waals surface area contributed by atoms with Crippen molar-refractivity contribution >= 4 is 27.3 Å². The lowest BCUT2D eigenvalue weighted by molar-refractivity contribution is 0.0702. The van der Waals surface area contributed by atoms with Crippen LogP contribution in [0.1, 0.15) is 31.9 Å². The Morgan fingerprint density at radius 1 is 1.00 bits per heavy atom. The van der Waals surface area contributed by atoms with E-state index in [2.05, 4.69) is 0 Å². The molecule has 0 unspecified atom stereocenters. The lowest BCUT2D eigenvalue weighted by Gasteiger charge is -2.34. The third-order valence-corrected chi connectivity index (χ3v) is 8.18. The second kappa shape index (κ2) is 7.13. The van der Waals surface area contributed by atoms with Gasteiger partial charge in [-0.2, -0.15) is 4.31 Å². The third kappa shape index (κ3) is 3.31. The summed E-state index contributed by atoms with van der Waals surface area (Å²) >= 11 is 1.41. The molecule has 1 aliphatic heterocycles. The van der Waals surface area contributed by atoms with Crippen molar-refractivity contribution in [2.24, 2.45) is 0 Å². The van der Waals surface area contributed by atoms with Crippen molar-refractivity contribution in [3.8, 4) is 0 Å². The lowest BCUT2D eigenvalue weighted by Crippen LogP contribution is -2.50. The van der Waals surface area contributed by atoms with Crippen molar-refractivity contribution < 1.29 is 13.2 Å². The Balaban J connectivity index is 1.82. The number of hydrogen-bond acceptors (Lipinski definition) is 4. The van der Waals surface area contributed by atoms with E-state index in [9.17, 15) is 13.2 Å². The second-order valence-electron chi connectivity index (χ2n) is 6.76. The van der Waals surface area contributed by atoms with Gasteiger partial charge in [-0.1, -0.05) is 12.1 Å². The number of benzene rings is 1. The van der Waals surface area contributed by atoms with E-state index in [1.807, 2.05) is 45.2 Å². The normalized spacial score (nSPS) is 16.1. The Morgan fingerprint density at radius 2 is 1.58 bits per heavy atom.